The Balaban J connectivity index is 1.45. The number of ketones is 2. The maximum Gasteiger partial charge on any atom is 0.262 e. The van der Waals surface area contributed by atoms with Gasteiger partial charge >= 0.3 is 0 Å². The molecule has 3 atom stereocenters. The highest BCUT2D eigenvalue weighted by atomic mass is 32.1. The van der Waals surface area contributed by atoms with Crippen molar-refractivity contribution in [2.75, 3.05) is 5.73 Å². The van der Waals surface area contributed by atoms with Crippen molar-refractivity contribution in [2.24, 2.45) is 11.5 Å². The summed E-state index contributed by atoms with van der Waals surface area (Å²) in [6, 6.07) is 16.6. The van der Waals surface area contributed by atoms with Crippen LogP contribution >= 0.6 is 11.3 Å². The number of nitrogens with one attached hydrogen (secondary N) is 1. The predicted octanol–water partition coefficient (Wildman–Crippen LogP) is 4.61. The molecule has 3 aromatic carbocycles. The molecule has 3 unspecified atom stereocenters. The molecule has 40 heavy (non-hydrogen) atoms. The van der Waals surface area contributed by atoms with Crippen LogP contribution in [0.5, 0.6) is 11.5 Å². The van der Waals surface area contributed by atoms with Crippen LogP contribution in [0.2, 0.25) is 0 Å². The molecule has 1 amide bonds. The van der Waals surface area contributed by atoms with Crippen molar-refractivity contribution < 1.29 is 19.1 Å². The van der Waals surface area contributed by atoms with Gasteiger partial charge in [0, 0.05) is 23.1 Å². The Morgan fingerprint density at radius 3 is 2.50 bits per heavy atom. The average molecular weight is 555 g/mol. The van der Waals surface area contributed by atoms with Crippen LogP contribution in [0, 0.1) is 6.92 Å². The van der Waals surface area contributed by atoms with Gasteiger partial charge in [-0.25, -0.2) is 0 Å². The normalized spacial score (nSPS) is 22.4. The Labute approximate surface area is 235 Å². The van der Waals surface area contributed by atoms with Crippen LogP contribution in [0.25, 0.3) is 10.1 Å². The van der Waals surface area contributed by atoms with E-state index in [-0.39, 0.29) is 5.78 Å². The Morgan fingerprint density at radius 1 is 1.02 bits per heavy atom. The first kappa shape index (κ1) is 26.2. The summed E-state index contributed by atoms with van der Waals surface area (Å²) in [5.74, 6) is 0.474. The highest BCUT2D eigenvalue weighted by Gasteiger charge is 2.49. The topological polar surface area (TPSA) is 151 Å². The van der Waals surface area contributed by atoms with Crippen LogP contribution in [-0.2, 0) is 15.1 Å². The van der Waals surface area contributed by atoms with Crippen molar-refractivity contribution in [2.45, 2.75) is 50.2 Å². The lowest BCUT2D eigenvalue weighted by Gasteiger charge is -2.37. The number of carbonyl (C=O) groups is 3. The number of amides is 1. The lowest BCUT2D eigenvalue weighted by molar-refractivity contribution is -0.125. The van der Waals surface area contributed by atoms with E-state index in [0.717, 1.165) is 18.4 Å². The minimum absolute atomic E-state index is 0.0195. The van der Waals surface area contributed by atoms with Crippen molar-refractivity contribution >= 4 is 44.6 Å². The number of rotatable bonds is 5. The molecule has 2 aliphatic rings. The van der Waals surface area contributed by atoms with Crippen LogP contribution < -0.4 is 27.3 Å². The first-order valence-electron chi connectivity index (χ1n) is 13.3. The van der Waals surface area contributed by atoms with Gasteiger partial charge < -0.3 is 27.3 Å². The number of ether oxygens (including phenoxy) is 1. The fourth-order valence-electron chi connectivity index (χ4n) is 5.95. The van der Waals surface area contributed by atoms with Crippen LogP contribution in [0.15, 0.2) is 60.7 Å². The van der Waals surface area contributed by atoms with Gasteiger partial charge in [0.05, 0.1) is 21.7 Å². The molecule has 1 aromatic heterocycles. The minimum Gasteiger partial charge on any atom is -0.457 e. The molecule has 1 fully saturated rings. The molecule has 6 rings (SSSR count). The highest BCUT2D eigenvalue weighted by Crippen LogP contribution is 2.50. The molecule has 0 aliphatic heterocycles. The van der Waals surface area contributed by atoms with Crippen molar-refractivity contribution in [3.05, 3.63) is 87.8 Å². The first-order chi connectivity index (χ1) is 19.2. The molecule has 4 aromatic rings. The van der Waals surface area contributed by atoms with E-state index < -0.39 is 29.3 Å². The molecule has 0 bridgehead atoms. The van der Waals surface area contributed by atoms with Crippen LogP contribution in [0.3, 0.4) is 0 Å². The van der Waals surface area contributed by atoms with Gasteiger partial charge in [-0.2, -0.15) is 0 Å². The van der Waals surface area contributed by atoms with E-state index in [1.165, 1.54) is 11.3 Å². The maximum absolute atomic E-state index is 14.1. The van der Waals surface area contributed by atoms with E-state index in [4.69, 9.17) is 21.9 Å². The third kappa shape index (κ3) is 4.09. The Bertz CT molecular complexity index is 1680. The number of aryl methyl sites for hydroxylation is 1. The number of hydrogen-bond acceptors (Lipinski definition) is 8. The summed E-state index contributed by atoms with van der Waals surface area (Å²) in [6.45, 7) is 1.87. The van der Waals surface area contributed by atoms with Gasteiger partial charge in [0.15, 0.2) is 11.6 Å². The van der Waals surface area contributed by atoms with Crippen molar-refractivity contribution in [3.8, 4) is 11.5 Å². The summed E-state index contributed by atoms with van der Waals surface area (Å²) in [4.78, 5) is 40.2. The standard InChI is InChI=1S/C31H30N4O4S/c1-16-15-18(39-17-7-3-2-4-8-17)11-12-19(16)31(34)20-13-14-21(32)27-24(20)25(26(33)29(31)37)28(40-27)30(38)35-22-9-5-6-10-23(22)36/h2-4,7-8,11-15,22,26H,5-6,9-10,32-34H2,1H3,(H,35,38). The second-order valence-corrected chi connectivity index (χ2v) is 11.6. The zero-order chi connectivity index (χ0) is 28.2. The van der Waals surface area contributed by atoms with Gasteiger partial charge in [-0.05, 0) is 66.8 Å². The monoisotopic (exact) mass is 554 g/mol. The molecule has 7 N–H and O–H groups in total. The van der Waals surface area contributed by atoms with E-state index in [9.17, 15) is 14.4 Å². The summed E-state index contributed by atoms with van der Waals surface area (Å²) in [6.07, 6.45) is 2.74. The maximum atomic E-state index is 14.1. The van der Waals surface area contributed by atoms with Gasteiger partial charge in [-0.15, -0.1) is 11.3 Å². The second kappa shape index (κ2) is 9.85. The average Bonchev–Trinajstić information content (AvgIpc) is 3.35. The van der Waals surface area contributed by atoms with E-state index in [1.54, 1.807) is 24.3 Å². The van der Waals surface area contributed by atoms with Gasteiger partial charge in [0.1, 0.15) is 17.0 Å². The number of anilines is 1. The number of nitrogens with two attached hydrogens (primary N) is 3. The van der Waals surface area contributed by atoms with E-state index in [1.807, 2.05) is 43.3 Å². The van der Waals surface area contributed by atoms with E-state index in [0.29, 0.717) is 61.7 Å². The fourth-order valence-corrected chi connectivity index (χ4v) is 7.16. The van der Waals surface area contributed by atoms with Crippen LogP contribution in [-0.4, -0.2) is 23.5 Å². The molecule has 0 radical (unpaired) electrons. The molecule has 8 nitrogen and oxygen atoms in total. The van der Waals surface area contributed by atoms with Crippen molar-refractivity contribution in [1.29, 1.82) is 0 Å². The lowest BCUT2D eigenvalue weighted by Crippen LogP contribution is -2.53. The van der Waals surface area contributed by atoms with Crippen LogP contribution in [0.1, 0.15) is 63.7 Å². The second-order valence-electron chi connectivity index (χ2n) is 10.5. The molecule has 2 aliphatic carbocycles. The summed E-state index contributed by atoms with van der Waals surface area (Å²) in [7, 11) is 0. The van der Waals surface area contributed by atoms with Gasteiger partial charge in [0.2, 0.25) is 0 Å². The van der Waals surface area contributed by atoms with E-state index in [2.05, 4.69) is 5.32 Å². The molecule has 9 heteroatoms. The molecule has 0 saturated heterocycles. The molecule has 1 heterocycles. The number of para-hydroxylation sites is 1. The largest absolute Gasteiger partial charge is 0.457 e. The van der Waals surface area contributed by atoms with E-state index >= 15 is 0 Å². The zero-order valence-corrected chi connectivity index (χ0v) is 22.8. The molecule has 204 valence electrons. The van der Waals surface area contributed by atoms with Gasteiger partial charge in [-0.3, -0.25) is 14.4 Å². The molecular formula is C31H30N4O4S. The molecule has 1 saturated carbocycles. The zero-order valence-electron chi connectivity index (χ0n) is 22.0. The van der Waals surface area contributed by atoms with Crippen molar-refractivity contribution in [1.82, 2.24) is 5.32 Å². The third-order valence-corrected chi connectivity index (χ3v) is 9.23. The highest BCUT2D eigenvalue weighted by molar-refractivity contribution is 7.21. The summed E-state index contributed by atoms with van der Waals surface area (Å²) in [5.41, 5.74) is 21.2. The number of nitrogen functional groups attached to an aromatic ring is 1. The van der Waals surface area contributed by atoms with Crippen LogP contribution in [0.4, 0.5) is 5.69 Å². The Morgan fingerprint density at radius 2 is 1.77 bits per heavy atom. The lowest BCUT2D eigenvalue weighted by atomic mass is 9.69. The number of thiophene rings is 1. The number of hydrogen-bond donors (Lipinski definition) is 4. The van der Waals surface area contributed by atoms with Gasteiger partial charge in [-0.1, -0.05) is 36.8 Å². The summed E-state index contributed by atoms with van der Waals surface area (Å²) >= 11 is 1.18. The smallest absolute Gasteiger partial charge is 0.262 e. The Hall–Kier alpha value is -4.05. The number of Topliss-reactive ketones (excluding diaryl/α,β-unsaturated/α-hetero) is 2. The number of carbonyl (C=O) groups excluding carboxylic acids is 3. The quantitative estimate of drug-likeness (QED) is 0.263. The fraction of sp³-hybridized carbons (Fsp3) is 0.258. The Kier molecular flexibility index (Phi) is 6.45. The molecule has 0 spiro atoms. The van der Waals surface area contributed by atoms with Crippen molar-refractivity contribution in [3.63, 3.8) is 0 Å². The SMILES string of the molecule is Cc1cc(Oc2ccccc2)ccc1C1(N)C(=O)C(N)c2c(C(=O)NC3CCCCC3=O)sc3c(N)ccc1c23. The predicted molar refractivity (Wildman–Crippen MR) is 156 cm³/mol. The third-order valence-electron chi connectivity index (χ3n) is 7.98. The number of benzene rings is 3. The van der Waals surface area contributed by atoms with Gasteiger partial charge in [0.25, 0.3) is 5.91 Å². The molecular weight excluding hydrogens is 524 g/mol. The minimum atomic E-state index is -1.57. The summed E-state index contributed by atoms with van der Waals surface area (Å²) in [5, 5.41) is 3.50. The summed E-state index contributed by atoms with van der Waals surface area (Å²) < 4.78 is 6.62. The first-order valence-corrected chi connectivity index (χ1v) is 14.1.